The molecule has 0 unspecified atom stereocenters. The Morgan fingerprint density at radius 1 is 1.24 bits per heavy atom. The molecule has 0 saturated carbocycles. The lowest BCUT2D eigenvalue weighted by Gasteiger charge is -2.16. The van der Waals surface area contributed by atoms with Gasteiger partial charge in [-0.15, -0.1) is 0 Å². The molecule has 1 aromatic heterocycles. The average Bonchev–Trinajstić information content (AvgIpc) is 3.06. The molecule has 154 valence electrons. The Hall–Kier alpha value is -2.29. The van der Waals surface area contributed by atoms with Crippen LogP contribution in [0.5, 0.6) is 11.5 Å². The van der Waals surface area contributed by atoms with E-state index in [9.17, 15) is 4.39 Å². The van der Waals surface area contributed by atoms with Gasteiger partial charge in [0, 0.05) is 23.1 Å². The zero-order valence-electron chi connectivity index (χ0n) is 15.8. The molecule has 0 aliphatic carbocycles. The van der Waals surface area contributed by atoms with Crippen molar-refractivity contribution in [1.82, 2.24) is 14.9 Å². The van der Waals surface area contributed by atoms with E-state index in [-0.39, 0.29) is 12.2 Å². The fourth-order valence-electron chi connectivity index (χ4n) is 2.70. The maximum atomic E-state index is 14.0. The molecule has 0 spiro atoms. The summed E-state index contributed by atoms with van der Waals surface area (Å²) in [6, 6.07) is 7.85. The standard InChI is InChI=1S/C19H19Cl2FN4O2S/c1-3-18-24-25-19(29)26(18)23-9-11-7-16(27-2)17(8-14(11)21)28-10-12-13(20)5-4-6-15(12)22/h4-8,23H,3,9-10H2,1-2H3,(H,25,29). The number of rotatable bonds is 8. The van der Waals surface area contributed by atoms with E-state index >= 15 is 0 Å². The van der Waals surface area contributed by atoms with Crippen molar-refractivity contribution >= 4 is 35.4 Å². The number of ether oxygens (including phenoxy) is 2. The Bertz CT molecular complexity index is 1050. The third kappa shape index (κ3) is 4.83. The third-order valence-electron chi connectivity index (χ3n) is 4.25. The SMILES string of the molecule is CCc1n[nH]c(=S)n1NCc1cc(OC)c(OCc2c(F)cccc2Cl)cc1Cl. The highest BCUT2D eigenvalue weighted by atomic mass is 35.5. The molecule has 29 heavy (non-hydrogen) atoms. The van der Waals surface area contributed by atoms with Crippen LogP contribution < -0.4 is 14.9 Å². The van der Waals surface area contributed by atoms with E-state index in [1.807, 2.05) is 6.92 Å². The molecule has 3 rings (SSSR count). The topological polar surface area (TPSA) is 64.1 Å². The number of aryl methyl sites for hydroxylation is 1. The first-order chi connectivity index (χ1) is 13.9. The van der Waals surface area contributed by atoms with Crippen LogP contribution in [0, 0.1) is 10.6 Å². The first-order valence-electron chi connectivity index (χ1n) is 8.76. The molecular formula is C19H19Cl2FN4O2S. The highest BCUT2D eigenvalue weighted by molar-refractivity contribution is 7.71. The minimum absolute atomic E-state index is 0.0557. The number of nitrogens with one attached hydrogen (secondary N) is 2. The minimum atomic E-state index is -0.438. The fourth-order valence-corrected chi connectivity index (χ4v) is 3.35. The molecule has 0 aliphatic rings. The van der Waals surface area contributed by atoms with Gasteiger partial charge in [-0.1, -0.05) is 36.2 Å². The first kappa shape index (κ1) is 21.4. The third-order valence-corrected chi connectivity index (χ3v) is 5.23. The Morgan fingerprint density at radius 2 is 2.03 bits per heavy atom. The number of aromatic amines is 1. The Labute approximate surface area is 182 Å². The average molecular weight is 457 g/mol. The highest BCUT2D eigenvalue weighted by Crippen LogP contribution is 2.34. The van der Waals surface area contributed by atoms with Gasteiger partial charge in [-0.05, 0) is 36.0 Å². The molecule has 0 fully saturated rings. The largest absolute Gasteiger partial charge is 0.493 e. The van der Waals surface area contributed by atoms with Crippen LogP contribution in [-0.2, 0) is 19.6 Å². The van der Waals surface area contributed by atoms with Gasteiger partial charge >= 0.3 is 0 Å². The van der Waals surface area contributed by atoms with Crippen molar-refractivity contribution in [3.8, 4) is 11.5 Å². The van der Waals surface area contributed by atoms with Crippen LogP contribution in [0.4, 0.5) is 4.39 Å². The fraction of sp³-hybridized carbons (Fsp3) is 0.263. The van der Waals surface area contributed by atoms with Crippen molar-refractivity contribution in [3.05, 3.63) is 67.9 Å². The smallest absolute Gasteiger partial charge is 0.214 e. The van der Waals surface area contributed by atoms with Crippen LogP contribution in [-0.4, -0.2) is 22.0 Å². The van der Waals surface area contributed by atoms with Gasteiger partial charge in [-0.3, -0.25) is 5.10 Å². The lowest BCUT2D eigenvalue weighted by atomic mass is 10.2. The van der Waals surface area contributed by atoms with Gasteiger partial charge in [0.05, 0.1) is 18.7 Å². The summed E-state index contributed by atoms with van der Waals surface area (Å²) < 4.78 is 27.3. The van der Waals surface area contributed by atoms with Gasteiger partial charge in [0.15, 0.2) is 17.3 Å². The van der Waals surface area contributed by atoms with E-state index in [1.165, 1.54) is 19.2 Å². The number of aromatic nitrogens is 3. The predicted molar refractivity (Wildman–Crippen MR) is 114 cm³/mol. The Kier molecular flexibility index (Phi) is 7.00. The summed E-state index contributed by atoms with van der Waals surface area (Å²) >= 11 is 17.7. The quantitative estimate of drug-likeness (QED) is 0.451. The minimum Gasteiger partial charge on any atom is -0.493 e. The number of benzene rings is 2. The molecule has 10 heteroatoms. The summed E-state index contributed by atoms with van der Waals surface area (Å²) in [7, 11) is 1.52. The van der Waals surface area contributed by atoms with Gasteiger partial charge in [0.25, 0.3) is 0 Å². The maximum absolute atomic E-state index is 14.0. The molecule has 0 bridgehead atoms. The lowest BCUT2D eigenvalue weighted by molar-refractivity contribution is 0.279. The van der Waals surface area contributed by atoms with E-state index < -0.39 is 5.82 Å². The van der Waals surface area contributed by atoms with Gasteiger partial charge in [0.1, 0.15) is 12.4 Å². The van der Waals surface area contributed by atoms with Gasteiger partial charge in [0.2, 0.25) is 4.77 Å². The molecule has 0 saturated heterocycles. The second kappa shape index (κ2) is 9.47. The van der Waals surface area contributed by atoms with Crippen molar-refractivity contribution < 1.29 is 13.9 Å². The van der Waals surface area contributed by atoms with E-state index in [2.05, 4.69) is 15.6 Å². The van der Waals surface area contributed by atoms with Crippen molar-refractivity contribution in [3.63, 3.8) is 0 Å². The van der Waals surface area contributed by atoms with Crippen molar-refractivity contribution in [2.75, 3.05) is 12.5 Å². The number of hydrogen-bond acceptors (Lipinski definition) is 5. The molecule has 2 aromatic carbocycles. The summed E-state index contributed by atoms with van der Waals surface area (Å²) in [4.78, 5) is 0. The van der Waals surface area contributed by atoms with E-state index in [0.29, 0.717) is 39.3 Å². The zero-order chi connectivity index (χ0) is 21.0. The molecular weight excluding hydrogens is 438 g/mol. The molecule has 3 aromatic rings. The van der Waals surface area contributed by atoms with Gasteiger partial charge in [-0.2, -0.15) is 5.10 Å². The lowest BCUT2D eigenvalue weighted by Crippen LogP contribution is -2.17. The molecule has 0 atom stereocenters. The van der Waals surface area contributed by atoms with Crippen LogP contribution in [0.25, 0.3) is 0 Å². The second-order valence-corrected chi connectivity index (χ2v) is 7.25. The molecule has 2 N–H and O–H groups in total. The van der Waals surface area contributed by atoms with Crippen LogP contribution in [0.2, 0.25) is 10.0 Å². The molecule has 1 heterocycles. The van der Waals surface area contributed by atoms with Crippen molar-refractivity contribution in [1.29, 1.82) is 0 Å². The van der Waals surface area contributed by atoms with Crippen LogP contribution in [0.3, 0.4) is 0 Å². The molecule has 0 aliphatic heterocycles. The van der Waals surface area contributed by atoms with Gasteiger partial charge in [-0.25, -0.2) is 9.07 Å². The zero-order valence-corrected chi connectivity index (χ0v) is 18.1. The number of methoxy groups -OCH3 is 1. The highest BCUT2D eigenvalue weighted by Gasteiger charge is 2.14. The summed E-state index contributed by atoms with van der Waals surface area (Å²) in [5.41, 5.74) is 4.22. The van der Waals surface area contributed by atoms with E-state index in [4.69, 9.17) is 44.9 Å². The van der Waals surface area contributed by atoms with Crippen molar-refractivity contribution in [2.45, 2.75) is 26.5 Å². The Balaban J connectivity index is 1.78. The number of halogens is 3. The van der Waals surface area contributed by atoms with E-state index in [1.54, 1.807) is 22.9 Å². The van der Waals surface area contributed by atoms with Crippen LogP contribution >= 0.6 is 35.4 Å². The van der Waals surface area contributed by atoms with Crippen molar-refractivity contribution in [2.24, 2.45) is 0 Å². The van der Waals surface area contributed by atoms with Gasteiger partial charge < -0.3 is 14.9 Å². The van der Waals surface area contributed by atoms with Crippen LogP contribution in [0.15, 0.2) is 30.3 Å². The monoisotopic (exact) mass is 456 g/mol. The van der Waals surface area contributed by atoms with Crippen LogP contribution in [0.1, 0.15) is 23.9 Å². The normalized spacial score (nSPS) is 10.8. The number of nitrogens with zero attached hydrogens (tertiary/aromatic N) is 2. The molecule has 6 nitrogen and oxygen atoms in total. The molecule has 0 amide bonds. The summed E-state index contributed by atoms with van der Waals surface area (Å²) in [6.45, 7) is 2.31. The summed E-state index contributed by atoms with van der Waals surface area (Å²) in [5.74, 6) is 1.19. The summed E-state index contributed by atoms with van der Waals surface area (Å²) in [6.07, 6.45) is 0.711. The first-order valence-corrected chi connectivity index (χ1v) is 9.93. The number of hydrogen-bond donors (Lipinski definition) is 2. The number of H-pyrrole nitrogens is 1. The Morgan fingerprint density at radius 3 is 2.72 bits per heavy atom. The second-order valence-electron chi connectivity index (χ2n) is 6.05. The molecule has 0 radical (unpaired) electrons. The predicted octanol–water partition coefficient (Wildman–Crippen LogP) is 5.28. The summed E-state index contributed by atoms with van der Waals surface area (Å²) in [5, 5.41) is 7.64. The van der Waals surface area contributed by atoms with E-state index in [0.717, 1.165) is 11.4 Å². The maximum Gasteiger partial charge on any atom is 0.214 e.